The molecule has 0 fully saturated rings. The van der Waals surface area contributed by atoms with E-state index in [1.54, 1.807) is 18.2 Å². The minimum absolute atomic E-state index is 0.141. The lowest BCUT2D eigenvalue weighted by Gasteiger charge is -2.12. The number of methoxy groups -OCH3 is 1. The van der Waals surface area contributed by atoms with Gasteiger partial charge in [-0.2, -0.15) is 0 Å². The summed E-state index contributed by atoms with van der Waals surface area (Å²) in [6, 6.07) is 12.6. The van der Waals surface area contributed by atoms with Gasteiger partial charge in [0.2, 0.25) is 11.8 Å². The molecule has 0 spiro atoms. The van der Waals surface area contributed by atoms with Crippen molar-refractivity contribution in [3.8, 4) is 5.75 Å². The zero-order valence-electron chi connectivity index (χ0n) is 14.0. The summed E-state index contributed by atoms with van der Waals surface area (Å²) in [5.41, 5.74) is 2.22. The van der Waals surface area contributed by atoms with Crippen molar-refractivity contribution >= 4 is 46.6 Å². The lowest BCUT2D eigenvalue weighted by atomic mass is 10.2. The van der Waals surface area contributed by atoms with Crippen LogP contribution in [-0.2, 0) is 15.3 Å². The van der Waals surface area contributed by atoms with Crippen molar-refractivity contribution in [2.24, 2.45) is 0 Å². The Labute approximate surface area is 156 Å². The van der Waals surface area contributed by atoms with Gasteiger partial charge >= 0.3 is 0 Å². The van der Waals surface area contributed by atoms with Crippen LogP contribution in [-0.4, -0.2) is 24.7 Å². The summed E-state index contributed by atoms with van der Waals surface area (Å²) in [7, 11) is 1.53. The Morgan fingerprint density at radius 2 is 1.84 bits per heavy atom. The third-order valence-electron chi connectivity index (χ3n) is 3.21. The van der Waals surface area contributed by atoms with Crippen LogP contribution in [0.15, 0.2) is 42.5 Å². The Morgan fingerprint density at radius 1 is 1.12 bits per heavy atom. The van der Waals surface area contributed by atoms with E-state index in [-0.39, 0.29) is 11.8 Å². The molecule has 0 saturated heterocycles. The van der Waals surface area contributed by atoms with Gasteiger partial charge in [0, 0.05) is 23.4 Å². The molecule has 7 heteroatoms. The fourth-order valence-corrected chi connectivity index (χ4v) is 3.03. The van der Waals surface area contributed by atoms with E-state index in [0.29, 0.717) is 33.7 Å². The number of benzene rings is 2. The first-order valence-corrected chi connectivity index (χ1v) is 9.09. The highest BCUT2D eigenvalue weighted by Gasteiger charge is 2.09. The molecule has 2 amide bonds. The molecule has 0 aliphatic heterocycles. The maximum absolute atomic E-state index is 12.2. The molecule has 2 rings (SSSR count). The van der Waals surface area contributed by atoms with Gasteiger partial charge in [0.25, 0.3) is 0 Å². The zero-order chi connectivity index (χ0) is 18.2. The summed E-state index contributed by atoms with van der Waals surface area (Å²) < 4.78 is 5.24. The molecular weight excluding hydrogens is 360 g/mol. The average Bonchev–Trinajstić information content (AvgIpc) is 2.56. The minimum atomic E-state index is -0.180. The minimum Gasteiger partial charge on any atom is -0.495 e. The maximum atomic E-state index is 12.2. The molecule has 0 heterocycles. The number of rotatable bonds is 7. The monoisotopic (exact) mass is 378 g/mol. The van der Waals surface area contributed by atoms with E-state index in [2.05, 4.69) is 10.6 Å². The summed E-state index contributed by atoms with van der Waals surface area (Å²) >= 11 is 7.35. The van der Waals surface area contributed by atoms with Crippen LogP contribution in [0.5, 0.6) is 5.75 Å². The summed E-state index contributed by atoms with van der Waals surface area (Å²) in [6.07, 6.45) is 0. The summed E-state index contributed by atoms with van der Waals surface area (Å²) in [4.78, 5) is 23.3. The quantitative estimate of drug-likeness (QED) is 0.758. The lowest BCUT2D eigenvalue weighted by molar-refractivity contribution is -0.114. The van der Waals surface area contributed by atoms with Crippen LogP contribution in [0.25, 0.3) is 0 Å². The molecule has 0 aliphatic carbocycles. The highest BCUT2D eigenvalue weighted by atomic mass is 35.5. The lowest BCUT2D eigenvalue weighted by Crippen LogP contribution is -2.15. The van der Waals surface area contributed by atoms with Crippen LogP contribution < -0.4 is 15.4 Å². The SMILES string of the molecule is COc1ccc(NC(C)=O)cc1NC(=O)CSCc1ccc(Cl)cc1. The number of halogens is 1. The van der Waals surface area contributed by atoms with E-state index >= 15 is 0 Å². The predicted molar refractivity (Wildman–Crippen MR) is 104 cm³/mol. The number of carbonyl (C=O) groups is 2. The molecule has 0 aliphatic rings. The Morgan fingerprint density at radius 3 is 2.48 bits per heavy atom. The van der Waals surface area contributed by atoms with Crippen molar-refractivity contribution in [1.29, 1.82) is 0 Å². The number of anilines is 2. The number of thioether (sulfide) groups is 1. The maximum Gasteiger partial charge on any atom is 0.234 e. The van der Waals surface area contributed by atoms with Crippen molar-refractivity contribution in [3.05, 3.63) is 53.1 Å². The number of hydrogen-bond acceptors (Lipinski definition) is 4. The first kappa shape index (κ1) is 19.1. The predicted octanol–water partition coefficient (Wildman–Crippen LogP) is 4.18. The molecule has 0 aromatic heterocycles. The third-order valence-corrected chi connectivity index (χ3v) is 4.46. The van der Waals surface area contributed by atoms with Crippen molar-refractivity contribution in [2.75, 3.05) is 23.5 Å². The number of nitrogens with one attached hydrogen (secondary N) is 2. The second-order valence-electron chi connectivity index (χ2n) is 5.26. The van der Waals surface area contributed by atoms with Gasteiger partial charge in [0.05, 0.1) is 18.6 Å². The van der Waals surface area contributed by atoms with E-state index in [0.717, 1.165) is 5.56 Å². The molecule has 132 valence electrons. The molecule has 0 unspecified atom stereocenters. The molecule has 0 atom stereocenters. The van der Waals surface area contributed by atoms with Crippen molar-refractivity contribution in [1.82, 2.24) is 0 Å². The van der Waals surface area contributed by atoms with Crippen molar-refractivity contribution in [3.63, 3.8) is 0 Å². The van der Waals surface area contributed by atoms with Crippen LogP contribution in [0, 0.1) is 0 Å². The molecule has 0 radical (unpaired) electrons. The van der Waals surface area contributed by atoms with E-state index < -0.39 is 0 Å². The van der Waals surface area contributed by atoms with Crippen LogP contribution >= 0.6 is 23.4 Å². The zero-order valence-corrected chi connectivity index (χ0v) is 15.5. The average molecular weight is 379 g/mol. The normalized spacial score (nSPS) is 10.2. The topological polar surface area (TPSA) is 67.4 Å². The Balaban J connectivity index is 1.92. The molecule has 2 aromatic carbocycles. The number of amides is 2. The summed E-state index contributed by atoms with van der Waals surface area (Å²) in [5.74, 6) is 1.23. The molecule has 2 aromatic rings. The van der Waals surface area contributed by atoms with Crippen LogP contribution in [0.3, 0.4) is 0 Å². The van der Waals surface area contributed by atoms with Crippen molar-refractivity contribution in [2.45, 2.75) is 12.7 Å². The third kappa shape index (κ3) is 6.32. The second kappa shape index (κ2) is 9.34. The van der Waals surface area contributed by atoms with E-state index in [1.165, 1.54) is 25.8 Å². The van der Waals surface area contributed by atoms with Gasteiger partial charge in [-0.15, -0.1) is 11.8 Å². The van der Waals surface area contributed by atoms with E-state index in [9.17, 15) is 9.59 Å². The summed E-state index contributed by atoms with van der Waals surface area (Å²) in [5, 5.41) is 6.18. The Kier molecular flexibility index (Phi) is 7.16. The van der Waals surface area contributed by atoms with Gasteiger partial charge in [0.1, 0.15) is 5.75 Å². The molecule has 25 heavy (non-hydrogen) atoms. The van der Waals surface area contributed by atoms with Crippen LogP contribution in [0.2, 0.25) is 5.02 Å². The van der Waals surface area contributed by atoms with Gasteiger partial charge in [-0.1, -0.05) is 23.7 Å². The van der Waals surface area contributed by atoms with Gasteiger partial charge in [0.15, 0.2) is 0 Å². The molecule has 2 N–H and O–H groups in total. The molecule has 5 nitrogen and oxygen atoms in total. The van der Waals surface area contributed by atoms with E-state index in [4.69, 9.17) is 16.3 Å². The van der Waals surface area contributed by atoms with Gasteiger partial charge in [-0.3, -0.25) is 9.59 Å². The fraction of sp³-hybridized carbons (Fsp3) is 0.222. The van der Waals surface area contributed by atoms with Gasteiger partial charge in [-0.25, -0.2) is 0 Å². The van der Waals surface area contributed by atoms with E-state index in [1.807, 2.05) is 24.3 Å². The summed E-state index contributed by atoms with van der Waals surface area (Å²) in [6.45, 7) is 1.43. The Bertz CT molecular complexity index is 750. The van der Waals surface area contributed by atoms with Crippen molar-refractivity contribution < 1.29 is 14.3 Å². The second-order valence-corrected chi connectivity index (χ2v) is 6.69. The van der Waals surface area contributed by atoms with Crippen LogP contribution in [0.4, 0.5) is 11.4 Å². The number of hydrogen-bond donors (Lipinski definition) is 2. The highest BCUT2D eigenvalue weighted by Crippen LogP contribution is 2.28. The van der Waals surface area contributed by atoms with Gasteiger partial charge in [-0.05, 0) is 35.9 Å². The molecule has 0 saturated carbocycles. The number of carbonyl (C=O) groups excluding carboxylic acids is 2. The standard InChI is InChI=1S/C18H19ClN2O3S/c1-12(22)20-15-7-8-17(24-2)16(9-15)21-18(23)11-25-10-13-3-5-14(19)6-4-13/h3-9H,10-11H2,1-2H3,(H,20,22)(H,21,23). The first-order chi connectivity index (χ1) is 12.0. The highest BCUT2D eigenvalue weighted by molar-refractivity contribution is 7.99. The molecule has 0 bridgehead atoms. The van der Waals surface area contributed by atoms with Crippen LogP contribution in [0.1, 0.15) is 12.5 Å². The first-order valence-electron chi connectivity index (χ1n) is 7.55. The van der Waals surface area contributed by atoms with Gasteiger partial charge < -0.3 is 15.4 Å². The Hall–Kier alpha value is -2.18. The largest absolute Gasteiger partial charge is 0.495 e. The molecular formula is C18H19ClN2O3S. The fourth-order valence-electron chi connectivity index (χ4n) is 2.12. The number of ether oxygens (including phenoxy) is 1. The smallest absolute Gasteiger partial charge is 0.234 e.